The van der Waals surface area contributed by atoms with Gasteiger partial charge in [0.15, 0.2) is 17.2 Å². The van der Waals surface area contributed by atoms with Crippen LogP contribution in [0.4, 0.5) is 13.2 Å². The van der Waals surface area contributed by atoms with Gasteiger partial charge < -0.3 is 9.47 Å². The molecule has 1 rings (SSSR count). The highest BCUT2D eigenvalue weighted by Gasteiger charge is 2.33. The maximum atomic E-state index is 12.1. The Hall–Kier alpha value is -1.83. The van der Waals surface area contributed by atoms with Gasteiger partial charge in [-0.25, -0.2) is 4.98 Å². The number of Topliss-reactive ketones (excluding diaryl/α,β-unsaturated/α-hetero) is 1. The van der Waals surface area contributed by atoms with Crippen molar-refractivity contribution in [3.8, 4) is 5.75 Å². The van der Waals surface area contributed by atoms with Crippen LogP contribution in [0.3, 0.4) is 0 Å². The topological polar surface area (TPSA) is 65.5 Å². The maximum absolute atomic E-state index is 12.1. The van der Waals surface area contributed by atoms with E-state index >= 15 is 0 Å². The van der Waals surface area contributed by atoms with Crippen LogP contribution < -0.4 is 4.74 Å². The number of aromatic nitrogens is 1. The average molecular weight is 298 g/mol. The highest BCUT2D eigenvalue weighted by molar-refractivity contribution is 6.29. The molecule has 0 saturated carbocycles. The molecule has 5 nitrogen and oxygen atoms in total. The second kappa shape index (κ2) is 5.87. The van der Waals surface area contributed by atoms with Gasteiger partial charge in [-0.2, -0.15) is 0 Å². The smallest absolute Gasteiger partial charge is 0.469 e. The molecule has 0 radical (unpaired) electrons. The van der Waals surface area contributed by atoms with Crippen molar-refractivity contribution in [2.45, 2.75) is 12.8 Å². The molecular formula is C10H7ClF3NO4. The molecule has 0 aliphatic heterocycles. The quantitative estimate of drug-likeness (QED) is 0.369. The number of ether oxygens (including phenoxy) is 2. The van der Waals surface area contributed by atoms with Crippen LogP contribution >= 0.6 is 11.6 Å². The summed E-state index contributed by atoms with van der Waals surface area (Å²) in [6.07, 6.45) is -5.76. The predicted octanol–water partition coefficient (Wildman–Crippen LogP) is 2.38. The minimum atomic E-state index is -4.99. The van der Waals surface area contributed by atoms with Gasteiger partial charge >= 0.3 is 12.3 Å². The largest absolute Gasteiger partial charge is 0.573 e. The van der Waals surface area contributed by atoms with Crippen molar-refractivity contribution in [2.24, 2.45) is 0 Å². The van der Waals surface area contributed by atoms with E-state index in [0.29, 0.717) is 0 Å². The van der Waals surface area contributed by atoms with Gasteiger partial charge in [0.1, 0.15) is 11.6 Å². The lowest BCUT2D eigenvalue weighted by Crippen LogP contribution is -2.20. The average Bonchev–Trinajstić information content (AvgIpc) is 2.29. The molecule has 1 aromatic heterocycles. The molecule has 9 heteroatoms. The Morgan fingerprint density at radius 3 is 2.53 bits per heavy atom. The van der Waals surface area contributed by atoms with Crippen molar-refractivity contribution in [1.82, 2.24) is 4.98 Å². The number of ketones is 1. The summed E-state index contributed by atoms with van der Waals surface area (Å²) in [6, 6.07) is 1.87. The van der Waals surface area contributed by atoms with Gasteiger partial charge in [-0.3, -0.25) is 9.59 Å². The monoisotopic (exact) mass is 297 g/mol. The molecule has 0 amide bonds. The summed E-state index contributed by atoms with van der Waals surface area (Å²) in [5.41, 5.74) is -0.685. The number of hydrogen-bond acceptors (Lipinski definition) is 5. The summed E-state index contributed by atoms with van der Waals surface area (Å²) in [5.74, 6) is -2.73. The number of nitrogens with zero attached hydrogens (tertiary/aromatic N) is 1. The fourth-order valence-electron chi connectivity index (χ4n) is 1.12. The zero-order chi connectivity index (χ0) is 14.6. The Balaban J connectivity index is 3.06. The number of halogens is 4. The lowest BCUT2D eigenvalue weighted by Gasteiger charge is -2.11. The molecule has 0 spiro atoms. The Morgan fingerprint density at radius 2 is 2.00 bits per heavy atom. The number of carbonyl (C=O) groups excluding carboxylic acids is 2. The van der Waals surface area contributed by atoms with Crippen LogP contribution in [0.2, 0.25) is 5.15 Å². The molecule has 0 bridgehead atoms. The summed E-state index contributed by atoms with van der Waals surface area (Å²) < 4.78 is 44.2. The molecular weight excluding hydrogens is 291 g/mol. The molecule has 0 saturated heterocycles. The third-order valence-electron chi connectivity index (χ3n) is 1.85. The molecule has 0 N–H and O–H groups in total. The Kier molecular flexibility index (Phi) is 4.71. The van der Waals surface area contributed by atoms with E-state index < -0.39 is 36.0 Å². The Morgan fingerprint density at radius 1 is 1.37 bits per heavy atom. The number of pyridine rings is 1. The maximum Gasteiger partial charge on any atom is 0.573 e. The first kappa shape index (κ1) is 15.2. The van der Waals surface area contributed by atoms with Gasteiger partial charge in [0.2, 0.25) is 0 Å². The van der Waals surface area contributed by atoms with Gasteiger partial charge in [0, 0.05) is 0 Å². The number of alkyl halides is 3. The second-order valence-corrected chi connectivity index (χ2v) is 3.59. The molecule has 0 atom stereocenters. The van der Waals surface area contributed by atoms with Crippen LogP contribution in [0.5, 0.6) is 5.75 Å². The van der Waals surface area contributed by atoms with E-state index in [-0.39, 0.29) is 5.15 Å². The first-order chi connectivity index (χ1) is 8.73. The first-order valence-corrected chi connectivity index (χ1v) is 5.13. The first-order valence-electron chi connectivity index (χ1n) is 4.75. The van der Waals surface area contributed by atoms with Crippen LogP contribution in [0.15, 0.2) is 12.1 Å². The zero-order valence-corrected chi connectivity index (χ0v) is 10.2. The van der Waals surface area contributed by atoms with Crippen LogP contribution in [0, 0.1) is 0 Å². The summed E-state index contributed by atoms with van der Waals surface area (Å²) in [7, 11) is 1.04. The fourth-order valence-corrected chi connectivity index (χ4v) is 1.26. The molecule has 1 aromatic rings. The molecule has 104 valence electrons. The van der Waals surface area contributed by atoms with E-state index in [0.717, 1.165) is 19.2 Å². The summed E-state index contributed by atoms with van der Waals surface area (Å²) in [6.45, 7) is 0. The van der Waals surface area contributed by atoms with Gasteiger partial charge in [-0.05, 0) is 12.1 Å². The van der Waals surface area contributed by atoms with Crippen LogP contribution in [0.1, 0.15) is 16.9 Å². The minimum absolute atomic E-state index is 0.206. The minimum Gasteiger partial charge on any atom is -0.469 e. The third-order valence-corrected chi connectivity index (χ3v) is 2.06. The third kappa shape index (κ3) is 4.74. The Labute approximate surface area is 110 Å². The van der Waals surface area contributed by atoms with Crippen LogP contribution in [-0.4, -0.2) is 30.2 Å². The van der Waals surface area contributed by atoms with Crippen molar-refractivity contribution >= 4 is 23.4 Å². The second-order valence-electron chi connectivity index (χ2n) is 3.20. The summed E-state index contributed by atoms with van der Waals surface area (Å²) >= 11 is 5.49. The zero-order valence-electron chi connectivity index (χ0n) is 9.45. The van der Waals surface area contributed by atoms with Crippen LogP contribution in [-0.2, 0) is 9.53 Å². The number of carbonyl (C=O) groups is 2. The van der Waals surface area contributed by atoms with Crippen molar-refractivity contribution in [2.75, 3.05) is 7.11 Å². The highest BCUT2D eigenvalue weighted by atomic mass is 35.5. The number of hydrogen-bond donors (Lipinski definition) is 0. The van der Waals surface area contributed by atoms with Crippen molar-refractivity contribution in [3.05, 3.63) is 23.0 Å². The van der Waals surface area contributed by atoms with E-state index in [1.165, 1.54) is 0 Å². The lowest BCUT2D eigenvalue weighted by atomic mass is 10.2. The number of methoxy groups -OCH3 is 1. The molecule has 1 heterocycles. The molecule has 19 heavy (non-hydrogen) atoms. The number of esters is 1. The summed E-state index contributed by atoms with van der Waals surface area (Å²) in [5, 5.41) is -0.206. The van der Waals surface area contributed by atoms with E-state index in [4.69, 9.17) is 11.6 Å². The van der Waals surface area contributed by atoms with Crippen LogP contribution in [0.25, 0.3) is 0 Å². The van der Waals surface area contributed by atoms with E-state index in [1.54, 1.807) is 0 Å². The molecule has 0 aliphatic rings. The van der Waals surface area contributed by atoms with Gasteiger partial charge in [-0.15, -0.1) is 13.2 Å². The van der Waals surface area contributed by atoms with E-state index in [1.807, 2.05) is 0 Å². The standard InChI is InChI=1S/C10H7ClF3NO4/c1-18-8(17)4-5(16)9-6(19-10(12,13)14)2-3-7(11)15-9/h2-3H,4H2,1H3. The van der Waals surface area contributed by atoms with Crippen molar-refractivity contribution < 1.29 is 32.2 Å². The molecule has 0 unspecified atom stereocenters. The lowest BCUT2D eigenvalue weighted by molar-refractivity contribution is -0.274. The van der Waals surface area contributed by atoms with E-state index in [9.17, 15) is 22.8 Å². The Bertz CT molecular complexity index is 504. The fraction of sp³-hybridized carbons (Fsp3) is 0.300. The van der Waals surface area contributed by atoms with Gasteiger partial charge in [0.05, 0.1) is 7.11 Å². The molecule has 0 aliphatic carbocycles. The summed E-state index contributed by atoms with van der Waals surface area (Å²) in [4.78, 5) is 25.9. The normalized spacial score (nSPS) is 11.0. The highest BCUT2D eigenvalue weighted by Crippen LogP contribution is 2.27. The van der Waals surface area contributed by atoms with Gasteiger partial charge in [-0.1, -0.05) is 11.6 Å². The predicted molar refractivity (Wildman–Crippen MR) is 56.9 cm³/mol. The van der Waals surface area contributed by atoms with Crippen molar-refractivity contribution in [1.29, 1.82) is 0 Å². The van der Waals surface area contributed by atoms with Gasteiger partial charge in [0.25, 0.3) is 0 Å². The van der Waals surface area contributed by atoms with Crippen molar-refractivity contribution in [3.63, 3.8) is 0 Å². The molecule has 0 aromatic carbocycles. The van der Waals surface area contributed by atoms with E-state index in [2.05, 4.69) is 14.5 Å². The molecule has 0 fully saturated rings. The SMILES string of the molecule is COC(=O)CC(=O)c1nc(Cl)ccc1OC(F)(F)F. The number of rotatable bonds is 4.